The number of anilines is 1. The summed E-state index contributed by atoms with van der Waals surface area (Å²) in [6, 6.07) is 22.7. The highest BCUT2D eigenvalue weighted by molar-refractivity contribution is 5.74. The highest BCUT2D eigenvalue weighted by Crippen LogP contribution is 2.27. The Labute approximate surface area is 216 Å². The van der Waals surface area contributed by atoms with Gasteiger partial charge in [0.05, 0.1) is 0 Å². The molecule has 4 heterocycles. The van der Waals surface area contributed by atoms with E-state index < -0.39 is 0 Å². The number of nitrogens with zero attached hydrogens (tertiary/aromatic N) is 5. The van der Waals surface area contributed by atoms with E-state index in [2.05, 4.69) is 61.8 Å². The van der Waals surface area contributed by atoms with Crippen LogP contribution < -0.4 is 10.2 Å². The number of rotatable bonds is 5. The molecule has 0 bridgehead atoms. The molecule has 1 saturated heterocycles. The van der Waals surface area contributed by atoms with Crippen molar-refractivity contribution in [3.8, 4) is 11.4 Å². The zero-order valence-electron chi connectivity index (χ0n) is 20.8. The average Bonchev–Trinajstić information content (AvgIpc) is 3.47. The third-order valence-electron chi connectivity index (χ3n) is 7.41. The van der Waals surface area contributed by atoms with Crippen molar-refractivity contribution in [3.63, 3.8) is 0 Å². The van der Waals surface area contributed by atoms with Gasteiger partial charge in [0.2, 0.25) is 0 Å². The molecule has 2 aromatic heterocycles. The molecule has 0 aliphatic carbocycles. The molecular formula is C29H31N7O. The number of aromatic nitrogens is 4. The largest absolute Gasteiger partial charge is 0.352 e. The molecule has 4 aromatic rings. The number of aromatic amines is 1. The lowest BCUT2D eigenvalue weighted by molar-refractivity contribution is 0.180. The van der Waals surface area contributed by atoms with Crippen LogP contribution in [0.15, 0.2) is 72.9 Å². The predicted octanol–water partition coefficient (Wildman–Crippen LogP) is 4.52. The number of hydrogen-bond acceptors (Lipinski definition) is 5. The van der Waals surface area contributed by atoms with Crippen LogP contribution in [0.2, 0.25) is 0 Å². The van der Waals surface area contributed by atoms with Crippen LogP contribution in [0, 0.1) is 0 Å². The summed E-state index contributed by atoms with van der Waals surface area (Å²) in [7, 11) is 0. The van der Waals surface area contributed by atoms with Gasteiger partial charge in [-0.15, -0.1) is 0 Å². The van der Waals surface area contributed by atoms with Crippen molar-refractivity contribution in [1.29, 1.82) is 0 Å². The van der Waals surface area contributed by atoms with Crippen molar-refractivity contribution in [3.05, 3.63) is 95.4 Å². The molecule has 37 heavy (non-hydrogen) atoms. The molecule has 0 saturated carbocycles. The van der Waals surface area contributed by atoms with Gasteiger partial charge in [-0.1, -0.05) is 60.7 Å². The molecule has 2 aromatic carbocycles. The second-order valence-corrected chi connectivity index (χ2v) is 9.80. The predicted molar refractivity (Wildman–Crippen MR) is 143 cm³/mol. The van der Waals surface area contributed by atoms with E-state index in [1.54, 1.807) is 0 Å². The summed E-state index contributed by atoms with van der Waals surface area (Å²) in [5.74, 6) is 2.89. The first kappa shape index (κ1) is 23.2. The number of carbonyl (C=O) groups excluding carboxylic acids is 1. The van der Waals surface area contributed by atoms with E-state index in [-0.39, 0.29) is 11.9 Å². The van der Waals surface area contributed by atoms with Crippen LogP contribution in [0.25, 0.3) is 11.4 Å². The van der Waals surface area contributed by atoms with Crippen molar-refractivity contribution >= 4 is 11.8 Å². The third-order valence-corrected chi connectivity index (χ3v) is 7.41. The zero-order chi connectivity index (χ0) is 25.0. The molecule has 2 aliphatic heterocycles. The standard InChI is InChI=1S/C29H31N7O/c37-29(35-15-13-24(14-16-35)28-32-27(33-34-28)23-7-2-1-3-8-23)31-19-21-10-11-26(30-18-21)36-17-12-22-6-4-5-9-25(22)20-36/h1-11,18,24H,12-17,19-20H2,(H,31,37)(H,32,33,34). The Morgan fingerprint density at radius 3 is 2.51 bits per heavy atom. The van der Waals surface area contributed by atoms with Gasteiger partial charge >= 0.3 is 6.03 Å². The number of fused-ring (bicyclic) bond motifs is 1. The zero-order valence-corrected chi connectivity index (χ0v) is 20.8. The summed E-state index contributed by atoms with van der Waals surface area (Å²) in [6.45, 7) is 3.73. The van der Waals surface area contributed by atoms with Crippen LogP contribution in [-0.4, -0.2) is 50.7 Å². The van der Waals surface area contributed by atoms with Gasteiger partial charge in [-0.2, -0.15) is 5.10 Å². The van der Waals surface area contributed by atoms with Gasteiger partial charge in [0.1, 0.15) is 11.6 Å². The van der Waals surface area contributed by atoms with Crippen molar-refractivity contribution in [2.45, 2.75) is 38.3 Å². The van der Waals surface area contributed by atoms with Crippen molar-refractivity contribution < 1.29 is 4.79 Å². The van der Waals surface area contributed by atoms with Gasteiger partial charge in [-0.3, -0.25) is 5.10 Å². The monoisotopic (exact) mass is 493 g/mol. The summed E-state index contributed by atoms with van der Waals surface area (Å²) in [6.07, 6.45) is 4.64. The fourth-order valence-corrected chi connectivity index (χ4v) is 5.22. The van der Waals surface area contributed by atoms with Gasteiger partial charge in [0, 0.05) is 50.4 Å². The van der Waals surface area contributed by atoms with Crippen molar-refractivity contribution in [2.75, 3.05) is 24.5 Å². The summed E-state index contributed by atoms with van der Waals surface area (Å²) < 4.78 is 0. The first-order valence-corrected chi connectivity index (χ1v) is 13.0. The lowest BCUT2D eigenvalue weighted by Gasteiger charge is -2.31. The number of nitrogens with one attached hydrogen (secondary N) is 2. The SMILES string of the molecule is O=C(NCc1ccc(N2CCc3ccccc3C2)nc1)N1CCC(c2nc(-c3ccccc3)n[nH]2)CC1. The summed E-state index contributed by atoms with van der Waals surface area (Å²) in [5.41, 5.74) is 4.81. The molecule has 8 heteroatoms. The van der Waals surface area contributed by atoms with E-state index in [1.807, 2.05) is 41.4 Å². The van der Waals surface area contributed by atoms with E-state index in [0.717, 1.165) is 60.9 Å². The number of pyridine rings is 1. The lowest BCUT2D eigenvalue weighted by atomic mass is 9.96. The third kappa shape index (κ3) is 5.18. The van der Waals surface area contributed by atoms with Crippen LogP contribution in [0.1, 0.15) is 41.3 Å². The Hall–Kier alpha value is -4.20. The summed E-state index contributed by atoms with van der Waals surface area (Å²) >= 11 is 0. The van der Waals surface area contributed by atoms with Crippen LogP contribution in [0.4, 0.5) is 10.6 Å². The van der Waals surface area contributed by atoms with Crippen molar-refractivity contribution in [2.24, 2.45) is 0 Å². The van der Waals surface area contributed by atoms with Crippen LogP contribution >= 0.6 is 0 Å². The molecule has 6 rings (SSSR count). The molecule has 0 radical (unpaired) electrons. The first-order chi connectivity index (χ1) is 18.2. The second kappa shape index (κ2) is 10.4. The first-order valence-electron chi connectivity index (χ1n) is 13.0. The maximum atomic E-state index is 12.8. The molecule has 2 aliphatic rings. The number of benzene rings is 2. The Bertz CT molecular complexity index is 1340. The van der Waals surface area contributed by atoms with E-state index in [9.17, 15) is 4.79 Å². The Morgan fingerprint density at radius 2 is 1.73 bits per heavy atom. The van der Waals surface area contributed by atoms with E-state index >= 15 is 0 Å². The van der Waals surface area contributed by atoms with Crippen LogP contribution in [0.5, 0.6) is 0 Å². The maximum Gasteiger partial charge on any atom is 0.317 e. The molecule has 1 fully saturated rings. The minimum atomic E-state index is -0.0299. The molecular weight excluding hydrogens is 462 g/mol. The topological polar surface area (TPSA) is 90.0 Å². The fourth-order valence-electron chi connectivity index (χ4n) is 5.22. The van der Waals surface area contributed by atoms with Gasteiger partial charge in [0.15, 0.2) is 5.82 Å². The maximum absolute atomic E-state index is 12.8. The molecule has 2 N–H and O–H groups in total. The van der Waals surface area contributed by atoms with Gasteiger partial charge in [-0.05, 0) is 42.0 Å². The number of carbonyl (C=O) groups is 1. The lowest BCUT2D eigenvalue weighted by Crippen LogP contribution is -2.44. The van der Waals surface area contributed by atoms with E-state index in [0.29, 0.717) is 19.6 Å². The molecule has 188 valence electrons. The minimum absolute atomic E-state index is 0.0299. The second-order valence-electron chi connectivity index (χ2n) is 9.80. The molecule has 2 amide bonds. The number of H-pyrrole nitrogens is 1. The number of amides is 2. The Kier molecular flexibility index (Phi) is 6.54. The normalized spacial score (nSPS) is 15.9. The van der Waals surface area contributed by atoms with E-state index in [1.165, 1.54) is 11.1 Å². The van der Waals surface area contributed by atoms with Gasteiger partial charge < -0.3 is 15.1 Å². The quantitative estimate of drug-likeness (QED) is 0.427. The van der Waals surface area contributed by atoms with Crippen LogP contribution in [0.3, 0.4) is 0 Å². The summed E-state index contributed by atoms with van der Waals surface area (Å²) in [5, 5.41) is 10.6. The molecule has 0 unspecified atom stereocenters. The van der Waals surface area contributed by atoms with Gasteiger partial charge in [-0.25, -0.2) is 14.8 Å². The highest BCUT2D eigenvalue weighted by atomic mass is 16.2. The number of likely N-dealkylation sites (tertiary alicyclic amines) is 1. The Morgan fingerprint density at radius 1 is 0.946 bits per heavy atom. The fraction of sp³-hybridized carbons (Fsp3) is 0.310. The summed E-state index contributed by atoms with van der Waals surface area (Å²) in [4.78, 5) is 26.4. The highest BCUT2D eigenvalue weighted by Gasteiger charge is 2.26. The van der Waals surface area contributed by atoms with E-state index in [4.69, 9.17) is 4.98 Å². The number of urea groups is 1. The van der Waals surface area contributed by atoms with Crippen molar-refractivity contribution in [1.82, 2.24) is 30.4 Å². The minimum Gasteiger partial charge on any atom is -0.352 e. The molecule has 8 nitrogen and oxygen atoms in total. The number of piperidine rings is 1. The van der Waals surface area contributed by atoms with Gasteiger partial charge in [0.25, 0.3) is 0 Å². The number of hydrogen-bond donors (Lipinski definition) is 2. The van der Waals surface area contributed by atoms with Crippen LogP contribution in [-0.2, 0) is 19.5 Å². The molecule has 0 atom stereocenters. The Balaban J connectivity index is 0.980. The smallest absolute Gasteiger partial charge is 0.317 e. The molecule has 0 spiro atoms. The average molecular weight is 494 g/mol.